The number of piperidine rings is 1. The summed E-state index contributed by atoms with van der Waals surface area (Å²) in [7, 11) is 0. The van der Waals surface area contributed by atoms with Gasteiger partial charge in [0.25, 0.3) is 0 Å². The molecule has 0 unspecified atom stereocenters. The van der Waals surface area contributed by atoms with E-state index >= 15 is 0 Å². The van der Waals surface area contributed by atoms with Crippen LogP contribution in [-0.2, 0) is 10.9 Å². The van der Waals surface area contributed by atoms with Crippen molar-refractivity contribution in [2.75, 3.05) is 49.1 Å². The maximum atomic E-state index is 13.4. The number of piperazine rings is 1. The Morgan fingerprint density at radius 3 is 2.00 bits per heavy atom. The Bertz CT molecular complexity index is 1140. The predicted molar refractivity (Wildman–Crippen MR) is 137 cm³/mol. The van der Waals surface area contributed by atoms with E-state index in [1.165, 1.54) is 11.6 Å². The molecule has 0 N–H and O–H groups in total. The van der Waals surface area contributed by atoms with Crippen LogP contribution in [0.3, 0.4) is 0 Å². The van der Waals surface area contributed by atoms with E-state index in [4.69, 9.17) is 10.00 Å². The number of alkyl halides is 3. The molecular weight excluding hydrogens is 481 g/mol. The number of rotatable bonds is 3. The quantitative estimate of drug-likeness (QED) is 0.502. The van der Waals surface area contributed by atoms with Gasteiger partial charge in [0.1, 0.15) is 5.60 Å². The lowest BCUT2D eigenvalue weighted by Crippen LogP contribution is -2.50. The highest BCUT2D eigenvalue weighted by molar-refractivity contribution is 5.68. The van der Waals surface area contributed by atoms with Gasteiger partial charge in [-0.05, 0) is 75.4 Å². The van der Waals surface area contributed by atoms with Crippen molar-refractivity contribution in [3.63, 3.8) is 0 Å². The molecular formula is C28H33F3N4O2. The van der Waals surface area contributed by atoms with E-state index in [1.807, 2.05) is 25.7 Å². The molecule has 6 nitrogen and oxygen atoms in total. The number of amides is 1. The Kier molecular flexibility index (Phi) is 7.58. The molecule has 2 fully saturated rings. The summed E-state index contributed by atoms with van der Waals surface area (Å²) in [6, 6.07) is 14.1. The molecule has 0 radical (unpaired) electrons. The number of anilines is 2. The third kappa shape index (κ3) is 6.48. The Morgan fingerprint density at radius 1 is 0.892 bits per heavy atom. The van der Waals surface area contributed by atoms with Gasteiger partial charge >= 0.3 is 12.3 Å². The molecule has 2 aromatic rings. The minimum absolute atomic E-state index is 0.274. The molecule has 9 heteroatoms. The fourth-order valence-electron chi connectivity index (χ4n) is 4.96. The molecule has 2 saturated heterocycles. The van der Waals surface area contributed by atoms with Gasteiger partial charge in [0, 0.05) is 50.6 Å². The van der Waals surface area contributed by atoms with Crippen molar-refractivity contribution in [3.8, 4) is 6.07 Å². The monoisotopic (exact) mass is 514 g/mol. The summed E-state index contributed by atoms with van der Waals surface area (Å²) in [4.78, 5) is 18.3. The molecule has 0 saturated carbocycles. The summed E-state index contributed by atoms with van der Waals surface area (Å²) >= 11 is 0. The van der Waals surface area contributed by atoms with Gasteiger partial charge in [0.15, 0.2) is 0 Å². The van der Waals surface area contributed by atoms with Crippen molar-refractivity contribution in [1.82, 2.24) is 4.90 Å². The molecule has 0 spiro atoms. The molecule has 0 aromatic heterocycles. The van der Waals surface area contributed by atoms with E-state index in [0.29, 0.717) is 37.8 Å². The average Bonchev–Trinajstić information content (AvgIpc) is 2.87. The largest absolute Gasteiger partial charge is 0.444 e. The first-order valence-electron chi connectivity index (χ1n) is 12.6. The Balaban J connectivity index is 1.32. The highest BCUT2D eigenvalue weighted by Gasteiger charge is 2.34. The summed E-state index contributed by atoms with van der Waals surface area (Å²) < 4.78 is 45.5. The highest BCUT2D eigenvalue weighted by atomic mass is 19.4. The van der Waals surface area contributed by atoms with Gasteiger partial charge in [-0.1, -0.05) is 12.1 Å². The van der Waals surface area contributed by atoms with Crippen LogP contribution in [0.15, 0.2) is 42.5 Å². The van der Waals surface area contributed by atoms with Crippen LogP contribution in [0.4, 0.5) is 29.3 Å². The lowest BCUT2D eigenvalue weighted by molar-refractivity contribution is -0.137. The van der Waals surface area contributed by atoms with Crippen LogP contribution in [-0.4, -0.2) is 55.9 Å². The SMILES string of the molecule is CC(C)(C)OC(=O)N1CCN(c2ccc(C3CCN(c4ccc(C#N)c(C(F)(F)F)c4)CC3)cc2)CC1. The first-order valence-corrected chi connectivity index (χ1v) is 12.6. The van der Waals surface area contributed by atoms with E-state index in [1.54, 1.807) is 17.0 Å². The molecule has 0 aliphatic carbocycles. The summed E-state index contributed by atoms with van der Waals surface area (Å²) in [5, 5.41) is 9.03. The first kappa shape index (κ1) is 26.6. The van der Waals surface area contributed by atoms with Crippen LogP contribution >= 0.6 is 0 Å². The van der Waals surface area contributed by atoms with Gasteiger partial charge in [-0.2, -0.15) is 18.4 Å². The molecule has 198 valence electrons. The van der Waals surface area contributed by atoms with Crippen molar-refractivity contribution in [1.29, 1.82) is 5.26 Å². The predicted octanol–water partition coefficient (Wildman–Crippen LogP) is 6.02. The van der Waals surface area contributed by atoms with Gasteiger partial charge in [-0.15, -0.1) is 0 Å². The van der Waals surface area contributed by atoms with Gasteiger partial charge in [-0.3, -0.25) is 0 Å². The minimum atomic E-state index is -4.55. The van der Waals surface area contributed by atoms with Crippen LogP contribution in [0.2, 0.25) is 0 Å². The van der Waals surface area contributed by atoms with Gasteiger partial charge in [0.05, 0.1) is 17.2 Å². The molecule has 0 atom stereocenters. The number of halogens is 3. The number of carbonyl (C=O) groups is 1. The van der Waals surface area contributed by atoms with E-state index in [2.05, 4.69) is 29.2 Å². The topological polar surface area (TPSA) is 59.8 Å². The van der Waals surface area contributed by atoms with E-state index < -0.39 is 17.3 Å². The smallest absolute Gasteiger partial charge is 0.417 e. The van der Waals surface area contributed by atoms with Crippen LogP contribution in [0.1, 0.15) is 56.2 Å². The molecule has 0 bridgehead atoms. The molecule has 37 heavy (non-hydrogen) atoms. The van der Waals surface area contributed by atoms with Crippen LogP contribution in [0, 0.1) is 11.3 Å². The Morgan fingerprint density at radius 2 is 1.46 bits per heavy atom. The lowest BCUT2D eigenvalue weighted by Gasteiger charge is -2.37. The fraction of sp³-hybridized carbons (Fsp3) is 0.500. The number of nitriles is 1. The molecule has 2 heterocycles. The van der Waals surface area contributed by atoms with Gasteiger partial charge < -0.3 is 19.4 Å². The van der Waals surface area contributed by atoms with Crippen molar-refractivity contribution in [3.05, 3.63) is 59.2 Å². The molecule has 4 rings (SSSR count). The lowest BCUT2D eigenvalue weighted by atomic mass is 9.89. The standard InChI is InChI=1S/C28H33F3N4O2/c1-27(2,3)37-26(36)35-16-14-34(15-17-35)23-7-4-20(5-8-23)21-10-12-33(13-11-21)24-9-6-22(19-32)25(18-24)28(29,30)31/h4-9,18,21H,10-17H2,1-3H3. The summed E-state index contributed by atoms with van der Waals surface area (Å²) in [6.07, 6.45) is -3.14. The highest BCUT2D eigenvalue weighted by Crippen LogP contribution is 2.36. The Labute approximate surface area is 216 Å². The van der Waals surface area contributed by atoms with Crippen molar-refractivity contribution >= 4 is 17.5 Å². The molecule has 2 aromatic carbocycles. The summed E-state index contributed by atoms with van der Waals surface area (Å²) in [5.41, 5.74) is 1.11. The van der Waals surface area contributed by atoms with Crippen molar-refractivity contribution < 1.29 is 22.7 Å². The maximum Gasteiger partial charge on any atom is 0.417 e. The fourth-order valence-corrected chi connectivity index (χ4v) is 4.96. The van der Waals surface area contributed by atoms with E-state index in [0.717, 1.165) is 37.7 Å². The van der Waals surface area contributed by atoms with Crippen molar-refractivity contribution in [2.24, 2.45) is 0 Å². The van der Waals surface area contributed by atoms with Gasteiger partial charge in [-0.25, -0.2) is 4.79 Å². The third-order valence-corrected chi connectivity index (χ3v) is 6.95. The number of ether oxygens (including phenoxy) is 1. The van der Waals surface area contributed by atoms with Crippen LogP contribution < -0.4 is 9.80 Å². The third-order valence-electron chi connectivity index (χ3n) is 6.95. The van der Waals surface area contributed by atoms with Gasteiger partial charge in [0.2, 0.25) is 0 Å². The zero-order chi connectivity index (χ0) is 26.8. The molecule has 2 aliphatic heterocycles. The van der Waals surface area contributed by atoms with Crippen molar-refractivity contribution in [2.45, 2.75) is 51.3 Å². The van der Waals surface area contributed by atoms with E-state index in [9.17, 15) is 18.0 Å². The normalized spacial score (nSPS) is 17.5. The van der Waals surface area contributed by atoms with E-state index in [-0.39, 0.29) is 11.7 Å². The first-order chi connectivity index (χ1) is 17.4. The average molecular weight is 515 g/mol. The molecule has 1 amide bonds. The number of hydrogen-bond acceptors (Lipinski definition) is 5. The maximum absolute atomic E-state index is 13.4. The Hall–Kier alpha value is -3.41. The molecule has 2 aliphatic rings. The second kappa shape index (κ2) is 10.5. The zero-order valence-electron chi connectivity index (χ0n) is 21.5. The number of nitrogens with zero attached hydrogens (tertiary/aromatic N) is 4. The second-order valence-electron chi connectivity index (χ2n) is 10.6. The number of hydrogen-bond donors (Lipinski definition) is 0. The van der Waals surface area contributed by atoms with Crippen LogP contribution in [0.5, 0.6) is 0 Å². The number of carbonyl (C=O) groups excluding carboxylic acids is 1. The second-order valence-corrected chi connectivity index (χ2v) is 10.6. The number of benzene rings is 2. The zero-order valence-corrected chi connectivity index (χ0v) is 21.5. The van der Waals surface area contributed by atoms with Crippen LogP contribution in [0.25, 0.3) is 0 Å². The minimum Gasteiger partial charge on any atom is -0.444 e. The summed E-state index contributed by atoms with van der Waals surface area (Å²) in [6.45, 7) is 9.60. The summed E-state index contributed by atoms with van der Waals surface area (Å²) in [5.74, 6) is 0.342.